The number of aromatic nitrogens is 1. The first-order valence-electron chi connectivity index (χ1n) is 10.2. The second-order valence-electron chi connectivity index (χ2n) is 7.97. The van der Waals surface area contributed by atoms with Crippen molar-refractivity contribution in [2.24, 2.45) is 0 Å². The van der Waals surface area contributed by atoms with Crippen LogP contribution in [0.1, 0.15) is 64.8 Å². The number of carboxylic acid groups (broad SMARTS) is 1. The maximum absolute atomic E-state index is 11.4. The van der Waals surface area contributed by atoms with Gasteiger partial charge in [0, 0.05) is 25.0 Å². The van der Waals surface area contributed by atoms with Crippen LogP contribution in [0.3, 0.4) is 0 Å². The molecule has 1 aliphatic heterocycles. The third-order valence-electron chi connectivity index (χ3n) is 5.79. The predicted molar refractivity (Wildman–Crippen MR) is 115 cm³/mol. The minimum atomic E-state index is -0.893. The van der Waals surface area contributed by atoms with Crippen molar-refractivity contribution in [1.82, 2.24) is 10.3 Å². The number of hydrogen-bond donors (Lipinski definition) is 2. The third kappa shape index (κ3) is 3.94. The van der Waals surface area contributed by atoms with Gasteiger partial charge >= 0.3 is 5.97 Å². The highest BCUT2D eigenvalue weighted by atomic mass is 16.4. The van der Waals surface area contributed by atoms with Gasteiger partial charge in [-0.1, -0.05) is 50.2 Å². The van der Waals surface area contributed by atoms with Gasteiger partial charge in [-0.05, 0) is 64.3 Å². The van der Waals surface area contributed by atoms with Gasteiger partial charge in [-0.2, -0.15) is 0 Å². The Morgan fingerprint density at radius 1 is 1.21 bits per heavy atom. The smallest absolute Gasteiger partial charge is 0.336 e. The Morgan fingerprint density at radius 3 is 2.83 bits per heavy atom. The molecule has 4 nitrogen and oxygen atoms in total. The molecule has 148 valence electrons. The first-order valence-corrected chi connectivity index (χ1v) is 10.2. The Balaban J connectivity index is 1.55. The SMILES string of the molecule is CC(C)c1ccccc1-c1ccc2c(c1)CN[C@@H]2CCc1cnccc1C(=O)O. The number of nitrogens with one attached hydrogen (secondary N) is 1. The maximum atomic E-state index is 11.4. The largest absolute Gasteiger partial charge is 0.478 e. The van der Waals surface area contributed by atoms with Crippen molar-refractivity contribution >= 4 is 5.97 Å². The fraction of sp³-hybridized carbons (Fsp3) is 0.280. The molecule has 0 saturated heterocycles. The highest BCUT2D eigenvalue weighted by molar-refractivity contribution is 5.89. The van der Waals surface area contributed by atoms with E-state index in [-0.39, 0.29) is 6.04 Å². The summed E-state index contributed by atoms with van der Waals surface area (Å²) in [4.78, 5) is 15.5. The molecule has 0 saturated carbocycles. The number of carboxylic acids is 1. The molecule has 0 spiro atoms. The molecule has 1 atom stereocenters. The molecule has 0 radical (unpaired) electrons. The maximum Gasteiger partial charge on any atom is 0.336 e. The summed E-state index contributed by atoms with van der Waals surface area (Å²) < 4.78 is 0. The summed E-state index contributed by atoms with van der Waals surface area (Å²) in [5, 5.41) is 13.0. The zero-order chi connectivity index (χ0) is 20.4. The van der Waals surface area contributed by atoms with E-state index >= 15 is 0 Å². The molecule has 0 amide bonds. The number of aryl methyl sites for hydroxylation is 1. The van der Waals surface area contributed by atoms with Crippen molar-refractivity contribution in [2.45, 2.75) is 45.2 Å². The monoisotopic (exact) mass is 386 g/mol. The molecule has 0 fully saturated rings. The lowest BCUT2D eigenvalue weighted by Gasteiger charge is -2.15. The number of nitrogens with zero attached hydrogens (tertiary/aromatic N) is 1. The van der Waals surface area contributed by atoms with Gasteiger partial charge < -0.3 is 10.4 Å². The topological polar surface area (TPSA) is 62.2 Å². The minimum absolute atomic E-state index is 0.237. The zero-order valence-corrected chi connectivity index (χ0v) is 16.9. The minimum Gasteiger partial charge on any atom is -0.478 e. The van der Waals surface area contributed by atoms with Crippen LogP contribution < -0.4 is 5.32 Å². The van der Waals surface area contributed by atoms with Crippen LogP contribution in [0.5, 0.6) is 0 Å². The number of hydrogen-bond acceptors (Lipinski definition) is 3. The number of rotatable bonds is 6. The predicted octanol–water partition coefficient (Wildman–Crippen LogP) is 5.35. The molecule has 0 bridgehead atoms. The van der Waals surface area contributed by atoms with Crippen LogP contribution in [0, 0.1) is 0 Å². The highest BCUT2D eigenvalue weighted by Crippen LogP contribution is 2.35. The molecule has 2 aromatic carbocycles. The fourth-order valence-electron chi connectivity index (χ4n) is 4.27. The van der Waals surface area contributed by atoms with Crippen LogP contribution in [0.15, 0.2) is 60.9 Å². The normalized spacial score (nSPS) is 15.5. The number of aromatic carboxylic acids is 1. The number of fused-ring (bicyclic) bond motifs is 1. The molecule has 1 aromatic heterocycles. The Labute approximate surface area is 171 Å². The van der Waals surface area contributed by atoms with E-state index in [4.69, 9.17) is 0 Å². The van der Waals surface area contributed by atoms with Crippen LogP contribution in [0.4, 0.5) is 0 Å². The first kappa shape index (κ1) is 19.3. The lowest BCUT2D eigenvalue weighted by Crippen LogP contribution is -2.13. The molecule has 1 aliphatic rings. The van der Waals surface area contributed by atoms with Crippen LogP contribution in [0.25, 0.3) is 11.1 Å². The standard InChI is InChI=1S/C25H26N2O2/c1-16(2)20-5-3-4-6-21(20)17-7-9-22-19(13-17)15-27-24(22)10-8-18-14-26-12-11-23(18)25(28)29/h3-7,9,11-14,16,24,27H,8,10,15H2,1-2H3,(H,28,29)/t24-/m1/s1. The summed E-state index contributed by atoms with van der Waals surface area (Å²) >= 11 is 0. The van der Waals surface area contributed by atoms with E-state index in [1.807, 2.05) is 0 Å². The van der Waals surface area contributed by atoms with Gasteiger partial charge in [0.25, 0.3) is 0 Å². The van der Waals surface area contributed by atoms with Crippen LogP contribution in [-0.4, -0.2) is 16.1 Å². The molecule has 0 aliphatic carbocycles. The average Bonchev–Trinajstić information content (AvgIpc) is 3.14. The Morgan fingerprint density at radius 2 is 2.03 bits per heavy atom. The van der Waals surface area contributed by atoms with Gasteiger partial charge in [-0.3, -0.25) is 4.98 Å². The van der Waals surface area contributed by atoms with E-state index < -0.39 is 5.97 Å². The van der Waals surface area contributed by atoms with Crippen molar-refractivity contribution in [3.05, 3.63) is 88.7 Å². The van der Waals surface area contributed by atoms with E-state index in [0.717, 1.165) is 18.5 Å². The Hall–Kier alpha value is -2.98. The molecular formula is C25H26N2O2. The second-order valence-corrected chi connectivity index (χ2v) is 7.97. The fourth-order valence-corrected chi connectivity index (χ4v) is 4.27. The molecule has 3 aromatic rings. The average molecular weight is 386 g/mol. The van der Waals surface area contributed by atoms with Gasteiger partial charge in [-0.25, -0.2) is 4.79 Å². The van der Waals surface area contributed by atoms with Crippen molar-refractivity contribution in [3.63, 3.8) is 0 Å². The summed E-state index contributed by atoms with van der Waals surface area (Å²) in [6.07, 6.45) is 4.74. The molecule has 4 rings (SSSR count). The number of benzene rings is 2. The summed E-state index contributed by atoms with van der Waals surface area (Å²) in [5.41, 5.74) is 7.71. The summed E-state index contributed by atoms with van der Waals surface area (Å²) in [6.45, 7) is 5.30. The highest BCUT2D eigenvalue weighted by Gasteiger charge is 2.23. The van der Waals surface area contributed by atoms with E-state index in [2.05, 4.69) is 66.6 Å². The van der Waals surface area contributed by atoms with Crippen LogP contribution in [-0.2, 0) is 13.0 Å². The van der Waals surface area contributed by atoms with Gasteiger partial charge in [0.1, 0.15) is 0 Å². The molecular weight excluding hydrogens is 360 g/mol. The van der Waals surface area contributed by atoms with Gasteiger partial charge in [0.05, 0.1) is 5.56 Å². The molecule has 0 unspecified atom stereocenters. The van der Waals surface area contributed by atoms with Crippen molar-refractivity contribution in [2.75, 3.05) is 0 Å². The third-order valence-corrected chi connectivity index (χ3v) is 5.79. The molecule has 2 N–H and O–H groups in total. The lowest BCUT2D eigenvalue weighted by molar-refractivity contribution is 0.0695. The van der Waals surface area contributed by atoms with Crippen LogP contribution >= 0.6 is 0 Å². The summed E-state index contributed by atoms with van der Waals surface area (Å²) in [5.74, 6) is -0.413. The van der Waals surface area contributed by atoms with Gasteiger partial charge in [0.2, 0.25) is 0 Å². The Kier molecular flexibility index (Phi) is 5.45. The lowest BCUT2D eigenvalue weighted by atomic mass is 9.90. The number of carbonyl (C=O) groups is 1. The molecule has 29 heavy (non-hydrogen) atoms. The van der Waals surface area contributed by atoms with E-state index in [9.17, 15) is 9.90 Å². The summed E-state index contributed by atoms with van der Waals surface area (Å²) in [7, 11) is 0. The molecule has 4 heteroatoms. The Bertz CT molecular complexity index is 1040. The van der Waals surface area contributed by atoms with Crippen molar-refractivity contribution in [3.8, 4) is 11.1 Å². The van der Waals surface area contributed by atoms with E-state index in [0.29, 0.717) is 17.9 Å². The second kappa shape index (κ2) is 8.18. The van der Waals surface area contributed by atoms with Crippen molar-refractivity contribution < 1.29 is 9.90 Å². The first-order chi connectivity index (χ1) is 14.0. The van der Waals surface area contributed by atoms with Gasteiger partial charge in [-0.15, -0.1) is 0 Å². The molecule has 2 heterocycles. The quantitative estimate of drug-likeness (QED) is 0.600. The van der Waals surface area contributed by atoms with E-state index in [1.165, 1.54) is 34.0 Å². The van der Waals surface area contributed by atoms with Crippen LogP contribution in [0.2, 0.25) is 0 Å². The zero-order valence-electron chi connectivity index (χ0n) is 16.9. The summed E-state index contributed by atoms with van der Waals surface area (Å²) in [6, 6.07) is 17.2. The van der Waals surface area contributed by atoms with Gasteiger partial charge in [0.15, 0.2) is 0 Å². The number of pyridine rings is 1. The van der Waals surface area contributed by atoms with Crippen molar-refractivity contribution in [1.29, 1.82) is 0 Å². The van der Waals surface area contributed by atoms with E-state index in [1.54, 1.807) is 12.3 Å².